The lowest BCUT2D eigenvalue weighted by molar-refractivity contribution is 0.0962. The lowest BCUT2D eigenvalue weighted by Crippen LogP contribution is -2.30. The average Bonchev–Trinajstić information content (AvgIpc) is 2.53. The zero-order chi connectivity index (χ0) is 14.7. The minimum absolute atomic E-state index is 0.245. The van der Waals surface area contributed by atoms with E-state index in [2.05, 4.69) is 36.7 Å². The van der Waals surface area contributed by atoms with Crippen molar-refractivity contribution in [3.63, 3.8) is 0 Å². The van der Waals surface area contributed by atoms with Gasteiger partial charge >= 0.3 is 0 Å². The maximum Gasteiger partial charge on any atom is 0.270 e. The summed E-state index contributed by atoms with van der Waals surface area (Å²) >= 11 is 3.35. The van der Waals surface area contributed by atoms with Gasteiger partial charge in [-0.2, -0.15) is 0 Å². The minimum Gasteiger partial charge on any atom is -0.281 e. The van der Waals surface area contributed by atoms with E-state index in [0.717, 1.165) is 15.4 Å². The number of anilines is 1. The summed E-state index contributed by atoms with van der Waals surface area (Å²) in [6, 6.07) is 14.8. The molecule has 2 N–H and O–H groups in total. The van der Waals surface area contributed by atoms with Crippen LogP contribution in [0, 0.1) is 0 Å². The van der Waals surface area contributed by atoms with Gasteiger partial charge in [0.15, 0.2) is 5.82 Å². The molecule has 0 saturated heterocycles. The van der Waals surface area contributed by atoms with E-state index in [1.807, 2.05) is 36.4 Å². The van der Waals surface area contributed by atoms with Crippen molar-refractivity contribution in [2.24, 2.45) is 0 Å². The summed E-state index contributed by atoms with van der Waals surface area (Å²) in [4.78, 5) is 20.4. The first-order chi connectivity index (χ1) is 10.3. The Labute approximate surface area is 129 Å². The van der Waals surface area contributed by atoms with E-state index in [1.54, 1.807) is 12.1 Å². The molecule has 0 unspecified atom stereocenters. The maximum atomic E-state index is 12.1. The van der Waals surface area contributed by atoms with E-state index in [4.69, 9.17) is 0 Å². The van der Waals surface area contributed by atoms with E-state index in [0.29, 0.717) is 11.4 Å². The summed E-state index contributed by atoms with van der Waals surface area (Å²) < 4.78 is 0.733. The SMILES string of the molecule is O=C(NNc1ncnc2ccccc12)c1ccccc1Br. The Kier molecular flexibility index (Phi) is 3.79. The van der Waals surface area contributed by atoms with Gasteiger partial charge in [0.05, 0.1) is 11.1 Å². The van der Waals surface area contributed by atoms with Crippen molar-refractivity contribution < 1.29 is 4.79 Å². The summed E-state index contributed by atoms with van der Waals surface area (Å²) in [5.41, 5.74) is 6.84. The van der Waals surface area contributed by atoms with Crippen LogP contribution < -0.4 is 10.9 Å². The third kappa shape index (κ3) is 2.85. The quantitative estimate of drug-likeness (QED) is 0.717. The van der Waals surface area contributed by atoms with Crippen molar-refractivity contribution in [3.05, 3.63) is 64.9 Å². The van der Waals surface area contributed by atoms with Crippen molar-refractivity contribution in [2.45, 2.75) is 0 Å². The van der Waals surface area contributed by atoms with Crippen LogP contribution in [-0.2, 0) is 0 Å². The average molecular weight is 343 g/mol. The first-order valence-corrected chi connectivity index (χ1v) is 7.05. The molecule has 1 heterocycles. The highest BCUT2D eigenvalue weighted by molar-refractivity contribution is 9.10. The van der Waals surface area contributed by atoms with Crippen LogP contribution in [0.15, 0.2) is 59.3 Å². The van der Waals surface area contributed by atoms with E-state index < -0.39 is 0 Å². The summed E-state index contributed by atoms with van der Waals surface area (Å²) in [5.74, 6) is 0.311. The van der Waals surface area contributed by atoms with Crippen LogP contribution in [0.5, 0.6) is 0 Å². The third-order valence-electron chi connectivity index (χ3n) is 2.96. The van der Waals surface area contributed by atoms with Gasteiger partial charge < -0.3 is 0 Å². The second-order valence-corrected chi connectivity index (χ2v) is 5.15. The molecule has 1 amide bonds. The van der Waals surface area contributed by atoms with Crippen LogP contribution in [0.25, 0.3) is 10.9 Å². The maximum absolute atomic E-state index is 12.1. The van der Waals surface area contributed by atoms with Gasteiger partial charge in [-0.15, -0.1) is 0 Å². The molecule has 5 nitrogen and oxygen atoms in total. The summed E-state index contributed by atoms with van der Waals surface area (Å²) in [6.07, 6.45) is 1.45. The molecule has 3 aromatic rings. The fraction of sp³-hybridized carbons (Fsp3) is 0. The van der Waals surface area contributed by atoms with Crippen LogP contribution in [0.2, 0.25) is 0 Å². The van der Waals surface area contributed by atoms with Crippen molar-refractivity contribution in [1.82, 2.24) is 15.4 Å². The molecule has 0 aliphatic carbocycles. The number of nitrogens with zero attached hydrogens (tertiary/aromatic N) is 2. The van der Waals surface area contributed by atoms with Crippen molar-refractivity contribution in [2.75, 3.05) is 5.43 Å². The van der Waals surface area contributed by atoms with Gasteiger partial charge in [0, 0.05) is 9.86 Å². The van der Waals surface area contributed by atoms with Gasteiger partial charge in [0.2, 0.25) is 0 Å². The van der Waals surface area contributed by atoms with Gasteiger partial charge in [-0.3, -0.25) is 15.6 Å². The Morgan fingerprint density at radius 2 is 1.76 bits per heavy atom. The largest absolute Gasteiger partial charge is 0.281 e. The predicted molar refractivity (Wildman–Crippen MR) is 84.8 cm³/mol. The number of hydrogen-bond acceptors (Lipinski definition) is 4. The van der Waals surface area contributed by atoms with Crippen molar-refractivity contribution >= 4 is 38.6 Å². The van der Waals surface area contributed by atoms with E-state index in [1.165, 1.54) is 6.33 Å². The van der Waals surface area contributed by atoms with Gasteiger partial charge in [0.25, 0.3) is 5.91 Å². The van der Waals surface area contributed by atoms with Gasteiger partial charge in [0.1, 0.15) is 6.33 Å². The smallest absolute Gasteiger partial charge is 0.270 e. The Bertz CT molecular complexity index is 801. The minimum atomic E-state index is -0.245. The number of halogens is 1. The molecule has 2 aromatic carbocycles. The lowest BCUT2D eigenvalue weighted by atomic mass is 10.2. The highest BCUT2D eigenvalue weighted by Gasteiger charge is 2.09. The van der Waals surface area contributed by atoms with Crippen LogP contribution in [0.4, 0.5) is 5.82 Å². The summed E-state index contributed by atoms with van der Waals surface area (Å²) in [6.45, 7) is 0. The Balaban J connectivity index is 1.81. The topological polar surface area (TPSA) is 66.9 Å². The molecule has 0 aliphatic rings. The lowest BCUT2D eigenvalue weighted by Gasteiger charge is -2.10. The molecule has 0 spiro atoms. The summed E-state index contributed by atoms with van der Waals surface area (Å²) in [7, 11) is 0. The van der Waals surface area contributed by atoms with Crippen molar-refractivity contribution in [3.8, 4) is 0 Å². The highest BCUT2D eigenvalue weighted by atomic mass is 79.9. The fourth-order valence-electron chi connectivity index (χ4n) is 1.93. The van der Waals surface area contributed by atoms with Crippen LogP contribution >= 0.6 is 15.9 Å². The molecule has 104 valence electrons. The molecule has 3 rings (SSSR count). The molecule has 0 atom stereocenters. The van der Waals surface area contributed by atoms with Gasteiger partial charge in [-0.25, -0.2) is 9.97 Å². The normalized spacial score (nSPS) is 10.3. The third-order valence-corrected chi connectivity index (χ3v) is 3.65. The monoisotopic (exact) mass is 342 g/mol. The second-order valence-electron chi connectivity index (χ2n) is 4.30. The highest BCUT2D eigenvalue weighted by Crippen LogP contribution is 2.18. The molecule has 0 bridgehead atoms. The number of hydrazine groups is 1. The number of para-hydroxylation sites is 1. The second kappa shape index (κ2) is 5.88. The van der Waals surface area contributed by atoms with Crippen LogP contribution in [0.3, 0.4) is 0 Å². The number of aromatic nitrogens is 2. The Morgan fingerprint density at radius 1 is 1.00 bits per heavy atom. The fourth-order valence-corrected chi connectivity index (χ4v) is 2.40. The Hall–Kier alpha value is -2.47. The standard InChI is InChI=1S/C15H11BrN4O/c16-12-7-3-1-5-10(12)15(21)20-19-14-11-6-2-4-8-13(11)17-9-18-14/h1-9H,(H,20,21)(H,17,18,19). The van der Waals surface area contributed by atoms with Crippen LogP contribution in [0.1, 0.15) is 10.4 Å². The van der Waals surface area contributed by atoms with Crippen molar-refractivity contribution in [1.29, 1.82) is 0 Å². The predicted octanol–water partition coefficient (Wildman–Crippen LogP) is 3.15. The molecule has 21 heavy (non-hydrogen) atoms. The van der Waals surface area contributed by atoms with E-state index in [-0.39, 0.29) is 5.91 Å². The number of carbonyl (C=O) groups is 1. The number of fused-ring (bicyclic) bond motifs is 1. The zero-order valence-corrected chi connectivity index (χ0v) is 12.5. The Morgan fingerprint density at radius 3 is 2.62 bits per heavy atom. The zero-order valence-electron chi connectivity index (χ0n) is 10.9. The van der Waals surface area contributed by atoms with Crippen LogP contribution in [-0.4, -0.2) is 15.9 Å². The molecule has 0 aliphatic heterocycles. The molecular weight excluding hydrogens is 332 g/mol. The van der Waals surface area contributed by atoms with E-state index in [9.17, 15) is 4.79 Å². The number of hydrogen-bond donors (Lipinski definition) is 2. The number of benzene rings is 2. The van der Waals surface area contributed by atoms with Gasteiger partial charge in [-0.1, -0.05) is 24.3 Å². The van der Waals surface area contributed by atoms with Gasteiger partial charge in [-0.05, 0) is 40.2 Å². The molecule has 0 radical (unpaired) electrons. The molecule has 1 aromatic heterocycles. The number of nitrogens with one attached hydrogen (secondary N) is 2. The molecular formula is C15H11BrN4O. The molecule has 0 fully saturated rings. The molecule has 0 saturated carbocycles. The first kappa shape index (κ1) is 13.5. The first-order valence-electron chi connectivity index (χ1n) is 6.26. The number of carbonyl (C=O) groups excluding carboxylic acids is 1. The molecule has 6 heteroatoms. The van der Waals surface area contributed by atoms with E-state index >= 15 is 0 Å². The number of amides is 1. The number of rotatable bonds is 3. The summed E-state index contributed by atoms with van der Waals surface area (Å²) in [5, 5.41) is 0.840.